The van der Waals surface area contributed by atoms with Gasteiger partial charge in [-0.3, -0.25) is 0 Å². The summed E-state index contributed by atoms with van der Waals surface area (Å²) in [4.78, 5) is 12.4. The Morgan fingerprint density at radius 2 is 1.69 bits per heavy atom. The normalized spacial score (nSPS) is 55.2. The third kappa shape index (κ3) is 2.09. The standard InChI is InChI=1S/C21H32O5/c1-19(6-3-13-11-17(19)18(23)26-13)15-4-7-20(2)16(14(15)12-22)5-8-21(20)24-9-10-25-21/h12-18,23H,3-11H2,1-2H3/t13-,14+,15-,16-,17+,18?,19+,20-/m0/s1. The number of carbonyl (C=O) groups excluding carboxylic acids is 1. The highest BCUT2D eigenvalue weighted by atomic mass is 16.7. The second-order valence-corrected chi connectivity index (χ2v) is 9.91. The van der Waals surface area contributed by atoms with E-state index in [2.05, 4.69) is 13.8 Å². The SMILES string of the molecule is C[C@]1([C@H]2CC[C@@]3(C)[C@@H](CCC34OCCO4)[C@@H]2C=O)CC[C@H]2C[C@@H]1C(O)O2. The second-order valence-electron chi connectivity index (χ2n) is 9.91. The molecular weight excluding hydrogens is 332 g/mol. The molecule has 0 aromatic carbocycles. The Morgan fingerprint density at radius 3 is 2.42 bits per heavy atom. The fourth-order valence-electron chi connectivity index (χ4n) is 7.69. The molecule has 26 heavy (non-hydrogen) atoms. The van der Waals surface area contributed by atoms with Crippen LogP contribution in [0.3, 0.4) is 0 Å². The summed E-state index contributed by atoms with van der Waals surface area (Å²) in [5.41, 5.74) is -0.101. The van der Waals surface area contributed by atoms with E-state index >= 15 is 0 Å². The highest BCUT2D eigenvalue weighted by molar-refractivity contribution is 5.56. The first-order valence-corrected chi connectivity index (χ1v) is 10.5. The van der Waals surface area contributed by atoms with E-state index < -0.39 is 12.1 Å². The van der Waals surface area contributed by atoms with E-state index in [-0.39, 0.29) is 28.8 Å². The zero-order valence-corrected chi connectivity index (χ0v) is 16.0. The largest absolute Gasteiger partial charge is 0.368 e. The molecule has 5 fully saturated rings. The van der Waals surface area contributed by atoms with Crippen LogP contribution in [0.5, 0.6) is 0 Å². The lowest BCUT2D eigenvalue weighted by Crippen LogP contribution is -2.55. The predicted octanol–water partition coefficient (Wildman–Crippen LogP) is 2.89. The quantitative estimate of drug-likeness (QED) is 0.763. The molecule has 0 amide bonds. The van der Waals surface area contributed by atoms with Crippen LogP contribution in [0.4, 0.5) is 0 Å². The zero-order chi connectivity index (χ0) is 18.2. The number of hydrogen-bond acceptors (Lipinski definition) is 5. The van der Waals surface area contributed by atoms with E-state index in [1.165, 1.54) is 6.29 Å². The van der Waals surface area contributed by atoms with Crippen LogP contribution in [-0.2, 0) is 19.0 Å². The fraction of sp³-hybridized carbons (Fsp3) is 0.952. The van der Waals surface area contributed by atoms with Gasteiger partial charge in [0.1, 0.15) is 6.29 Å². The minimum atomic E-state index is -0.662. The Balaban J connectivity index is 1.47. The van der Waals surface area contributed by atoms with Crippen LogP contribution < -0.4 is 0 Å². The van der Waals surface area contributed by atoms with Crippen LogP contribution >= 0.6 is 0 Å². The Bertz CT molecular complexity index is 587. The molecule has 1 spiro atoms. The Labute approximate surface area is 155 Å². The molecular formula is C21H32O5. The van der Waals surface area contributed by atoms with Gasteiger partial charge in [-0.05, 0) is 55.8 Å². The molecule has 2 bridgehead atoms. The van der Waals surface area contributed by atoms with Gasteiger partial charge in [0.05, 0.1) is 19.3 Å². The molecule has 0 aromatic heterocycles. The van der Waals surface area contributed by atoms with Crippen molar-refractivity contribution in [3.05, 3.63) is 0 Å². The van der Waals surface area contributed by atoms with Crippen molar-refractivity contribution in [2.24, 2.45) is 34.5 Å². The Morgan fingerprint density at radius 1 is 0.962 bits per heavy atom. The summed E-state index contributed by atoms with van der Waals surface area (Å²) >= 11 is 0. The molecule has 0 radical (unpaired) electrons. The summed E-state index contributed by atoms with van der Waals surface area (Å²) in [5, 5.41) is 10.5. The molecule has 2 saturated heterocycles. The van der Waals surface area contributed by atoms with Gasteiger partial charge in [-0.25, -0.2) is 0 Å². The van der Waals surface area contributed by atoms with Crippen molar-refractivity contribution in [1.29, 1.82) is 0 Å². The highest BCUT2D eigenvalue weighted by Gasteiger charge is 2.67. The van der Waals surface area contributed by atoms with Crippen molar-refractivity contribution >= 4 is 6.29 Å². The monoisotopic (exact) mass is 364 g/mol. The van der Waals surface area contributed by atoms with Crippen LogP contribution in [0.1, 0.15) is 58.8 Å². The maximum Gasteiger partial charge on any atom is 0.174 e. The van der Waals surface area contributed by atoms with Crippen molar-refractivity contribution in [3.63, 3.8) is 0 Å². The molecule has 5 aliphatic rings. The van der Waals surface area contributed by atoms with Crippen LogP contribution in [0.25, 0.3) is 0 Å². The maximum atomic E-state index is 12.4. The third-order valence-electron chi connectivity index (χ3n) is 9.18. The van der Waals surface area contributed by atoms with E-state index in [9.17, 15) is 9.90 Å². The number of carbonyl (C=O) groups is 1. The van der Waals surface area contributed by atoms with Crippen molar-refractivity contribution < 1.29 is 24.1 Å². The molecule has 3 saturated carbocycles. The van der Waals surface area contributed by atoms with Gasteiger partial charge in [0, 0.05) is 23.7 Å². The zero-order valence-electron chi connectivity index (χ0n) is 16.0. The smallest absolute Gasteiger partial charge is 0.174 e. The maximum absolute atomic E-state index is 12.4. The van der Waals surface area contributed by atoms with Crippen molar-refractivity contribution in [1.82, 2.24) is 0 Å². The average Bonchev–Trinajstić information content (AvgIpc) is 3.31. The van der Waals surface area contributed by atoms with E-state index in [0.29, 0.717) is 25.0 Å². The number of ether oxygens (including phenoxy) is 3. The van der Waals surface area contributed by atoms with Crippen molar-refractivity contribution in [3.8, 4) is 0 Å². The van der Waals surface area contributed by atoms with Gasteiger partial charge in [0.25, 0.3) is 0 Å². The van der Waals surface area contributed by atoms with Crippen molar-refractivity contribution in [2.45, 2.75) is 77.0 Å². The first-order valence-electron chi connectivity index (χ1n) is 10.5. The number of aliphatic hydroxyl groups excluding tert-OH is 1. The number of aliphatic hydroxyl groups is 1. The Hall–Kier alpha value is -0.490. The van der Waals surface area contributed by atoms with Crippen LogP contribution in [-0.4, -0.2) is 42.8 Å². The molecule has 146 valence electrons. The summed E-state index contributed by atoms with van der Waals surface area (Å²) in [6.45, 7) is 5.93. The van der Waals surface area contributed by atoms with Gasteiger partial charge in [0.2, 0.25) is 0 Å². The summed E-state index contributed by atoms with van der Waals surface area (Å²) in [5.74, 6) is 0.337. The first kappa shape index (κ1) is 17.6. The molecule has 3 aliphatic carbocycles. The lowest BCUT2D eigenvalue weighted by Gasteiger charge is -2.55. The number of hydrogen-bond donors (Lipinski definition) is 1. The lowest BCUT2D eigenvalue weighted by molar-refractivity contribution is -0.242. The molecule has 1 N–H and O–H groups in total. The molecule has 0 aromatic rings. The van der Waals surface area contributed by atoms with Crippen LogP contribution in [0.15, 0.2) is 0 Å². The predicted molar refractivity (Wildman–Crippen MR) is 94.1 cm³/mol. The molecule has 2 aliphatic heterocycles. The topological polar surface area (TPSA) is 65.0 Å². The van der Waals surface area contributed by atoms with Gasteiger partial charge in [-0.1, -0.05) is 13.8 Å². The van der Waals surface area contributed by atoms with Crippen LogP contribution in [0.2, 0.25) is 0 Å². The third-order valence-corrected chi connectivity index (χ3v) is 9.18. The highest BCUT2D eigenvalue weighted by Crippen LogP contribution is 2.67. The summed E-state index contributed by atoms with van der Waals surface area (Å²) < 4.78 is 18.0. The lowest BCUT2D eigenvalue weighted by atomic mass is 9.49. The van der Waals surface area contributed by atoms with E-state index in [0.717, 1.165) is 44.9 Å². The molecule has 2 heterocycles. The molecule has 5 nitrogen and oxygen atoms in total. The number of fused-ring (bicyclic) bond motifs is 4. The Kier molecular flexibility index (Phi) is 3.90. The second kappa shape index (κ2) is 5.76. The van der Waals surface area contributed by atoms with Gasteiger partial charge < -0.3 is 24.1 Å². The van der Waals surface area contributed by atoms with E-state index in [1.54, 1.807) is 0 Å². The van der Waals surface area contributed by atoms with Gasteiger partial charge in [-0.15, -0.1) is 0 Å². The first-order chi connectivity index (χ1) is 12.4. The summed E-state index contributed by atoms with van der Waals surface area (Å²) in [6, 6.07) is 0. The average molecular weight is 364 g/mol. The summed E-state index contributed by atoms with van der Waals surface area (Å²) in [6.07, 6.45) is 7.71. The summed E-state index contributed by atoms with van der Waals surface area (Å²) in [7, 11) is 0. The number of aldehydes is 1. The van der Waals surface area contributed by atoms with E-state index in [4.69, 9.17) is 14.2 Å². The molecule has 5 rings (SSSR count). The molecule has 8 atom stereocenters. The fourth-order valence-corrected chi connectivity index (χ4v) is 7.69. The van der Waals surface area contributed by atoms with Crippen LogP contribution in [0, 0.1) is 34.5 Å². The minimum Gasteiger partial charge on any atom is -0.368 e. The van der Waals surface area contributed by atoms with E-state index in [1.807, 2.05) is 0 Å². The van der Waals surface area contributed by atoms with Crippen molar-refractivity contribution in [2.75, 3.05) is 13.2 Å². The number of rotatable bonds is 2. The molecule has 5 heteroatoms. The minimum absolute atomic E-state index is 0.0214. The van der Waals surface area contributed by atoms with Gasteiger partial charge in [-0.2, -0.15) is 0 Å². The molecule has 1 unspecified atom stereocenters. The van der Waals surface area contributed by atoms with Gasteiger partial charge >= 0.3 is 0 Å². The van der Waals surface area contributed by atoms with Gasteiger partial charge in [0.15, 0.2) is 12.1 Å².